The summed E-state index contributed by atoms with van der Waals surface area (Å²) in [7, 11) is -1.75. The van der Waals surface area contributed by atoms with Crippen molar-refractivity contribution in [3.63, 3.8) is 0 Å². The Bertz CT molecular complexity index is 620. The predicted octanol–water partition coefficient (Wildman–Crippen LogP) is 1.65. The van der Waals surface area contributed by atoms with Crippen molar-refractivity contribution >= 4 is 15.7 Å². The van der Waals surface area contributed by atoms with Gasteiger partial charge in [0, 0.05) is 13.1 Å². The highest BCUT2D eigenvalue weighted by Crippen LogP contribution is 2.20. The molecular formula is C12H14N2O4S. The molecule has 0 radical (unpaired) electrons. The van der Waals surface area contributed by atoms with Gasteiger partial charge in [-0.3, -0.25) is 4.31 Å². The van der Waals surface area contributed by atoms with Gasteiger partial charge in [-0.25, -0.2) is 8.42 Å². The molecule has 0 spiro atoms. The van der Waals surface area contributed by atoms with Crippen molar-refractivity contribution in [1.82, 2.24) is 5.16 Å². The predicted molar refractivity (Wildman–Crippen MR) is 70.5 cm³/mol. The number of rotatable bonds is 5. The number of ether oxygens (including phenoxy) is 1. The van der Waals surface area contributed by atoms with Gasteiger partial charge in [0.1, 0.15) is 24.3 Å². The second kappa shape index (κ2) is 5.31. The van der Waals surface area contributed by atoms with E-state index in [1.54, 1.807) is 30.3 Å². The molecule has 1 heterocycles. The first-order valence-electron chi connectivity index (χ1n) is 5.53. The average Bonchev–Trinajstić information content (AvgIpc) is 2.88. The normalized spacial score (nSPS) is 11.3. The van der Waals surface area contributed by atoms with Gasteiger partial charge in [0.2, 0.25) is 10.0 Å². The van der Waals surface area contributed by atoms with E-state index >= 15 is 0 Å². The minimum atomic E-state index is -3.25. The number of hydrogen-bond donors (Lipinski definition) is 0. The van der Waals surface area contributed by atoms with E-state index in [0.29, 0.717) is 23.7 Å². The Balaban J connectivity index is 2.02. The van der Waals surface area contributed by atoms with E-state index in [4.69, 9.17) is 4.74 Å². The van der Waals surface area contributed by atoms with E-state index in [1.165, 1.54) is 17.6 Å². The fourth-order valence-electron chi connectivity index (χ4n) is 1.41. The van der Waals surface area contributed by atoms with Crippen LogP contribution in [0.2, 0.25) is 0 Å². The molecule has 0 saturated carbocycles. The van der Waals surface area contributed by atoms with Gasteiger partial charge < -0.3 is 9.26 Å². The Labute approximate surface area is 111 Å². The number of nitrogens with zero attached hydrogens (tertiary/aromatic N) is 2. The summed E-state index contributed by atoms with van der Waals surface area (Å²) in [5, 5.41) is 3.72. The average molecular weight is 282 g/mol. The molecule has 2 aromatic rings. The molecular weight excluding hydrogens is 268 g/mol. The highest BCUT2D eigenvalue weighted by Gasteiger charge is 2.11. The topological polar surface area (TPSA) is 72.6 Å². The number of hydrogen-bond acceptors (Lipinski definition) is 5. The van der Waals surface area contributed by atoms with Crippen LogP contribution >= 0.6 is 0 Å². The molecule has 0 atom stereocenters. The fourth-order valence-corrected chi connectivity index (χ4v) is 1.92. The molecule has 0 unspecified atom stereocenters. The van der Waals surface area contributed by atoms with Crippen LogP contribution in [-0.4, -0.2) is 26.9 Å². The zero-order valence-corrected chi connectivity index (χ0v) is 11.4. The van der Waals surface area contributed by atoms with Crippen LogP contribution in [0.5, 0.6) is 5.75 Å². The molecule has 102 valence electrons. The van der Waals surface area contributed by atoms with Gasteiger partial charge in [-0.05, 0) is 24.3 Å². The van der Waals surface area contributed by atoms with Gasteiger partial charge in [-0.1, -0.05) is 5.16 Å². The van der Waals surface area contributed by atoms with Crippen molar-refractivity contribution in [2.24, 2.45) is 0 Å². The number of anilines is 1. The first-order valence-corrected chi connectivity index (χ1v) is 7.37. The molecule has 0 N–H and O–H groups in total. The maximum Gasteiger partial charge on any atom is 0.231 e. The highest BCUT2D eigenvalue weighted by atomic mass is 32.2. The maximum atomic E-state index is 11.4. The third-order valence-electron chi connectivity index (χ3n) is 2.58. The molecule has 6 nitrogen and oxygen atoms in total. The molecule has 0 aliphatic heterocycles. The molecule has 1 aromatic carbocycles. The monoisotopic (exact) mass is 282 g/mol. The SMILES string of the molecule is CN(c1ccc(OCc2ccon2)cc1)S(C)(=O)=O. The minimum absolute atomic E-state index is 0.303. The molecule has 0 bridgehead atoms. The van der Waals surface area contributed by atoms with E-state index in [2.05, 4.69) is 9.68 Å². The molecule has 7 heteroatoms. The lowest BCUT2D eigenvalue weighted by molar-refractivity contribution is 0.289. The quantitative estimate of drug-likeness (QED) is 0.833. The van der Waals surface area contributed by atoms with Gasteiger partial charge in [-0.15, -0.1) is 0 Å². The number of aromatic nitrogens is 1. The first kappa shape index (κ1) is 13.4. The van der Waals surface area contributed by atoms with E-state index in [1.807, 2.05) is 0 Å². The van der Waals surface area contributed by atoms with E-state index in [9.17, 15) is 8.42 Å². The van der Waals surface area contributed by atoms with E-state index in [0.717, 1.165) is 6.26 Å². The van der Waals surface area contributed by atoms with Gasteiger partial charge >= 0.3 is 0 Å². The van der Waals surface area contributed by atoms with Crippen LogP contribution in [0.4, 0.5) is 5.69 Å². The molecule has 0 amide bonds. The Morgan fingerprint density at radius 3 is 2.47 bits per heavy atom. The number of benzene rings is 1. The summed E-state index contributed by atoms with van der Waals surface area (Å²) in [6.45, 7) is 0.303. The van der Waals surface area contributed by atoms with Crippen molar-refractivity contribution in [2.45, 2.75) is 6.61 Å². The molecule has 0 aliphatic carbocycles. The van der Waals surface area contributed by atoms with Crippen molar-refractivity contribution in [3.8, 4) is 5.75 Å². The third kappa shape index (κ3) is 3.47. The molecule has 0 aliphatic rings. The minimum Gasteiger partial charge on any atom is -0.487 e. The summed E-state index contributed by atoms with van der Waals surface area (Å²) in [5.74, 6) is 0.633. The van der Waals surface area contributed by atoms with Crippen molar-refractivity contribution < 1.29 is 17.7 Å². The van der Waals surface area contributed by atoms with Crippen LogP contribution in [0.1, 0.15) is 5.69 Å². The zero-order chi connectivity index (χ0) is 13.9. The lowest BCUT2D eigenvalue weighted by atomic mass is 10.3. The summed E-state index contributed by atoms with van der Waals surface area (Å²) in [5.41, 5.74) is 1.27. The largest absolute Gasteiger partial charge is 0.487 e. The van der Waals surface area contributed by atoms with Gasteiger partial charge in [0.15, 0.2) is 0 Å². The zero-order valence-electron chi connectivity index (χ0n) is 10.6. The van der Waals surface area contributed by atoms with Crippen molar-refractivity contribution in [1.29, 1.82) is 0 Å². The summed E-state index contributed by atoms with van der Waals surface area (Å²) >= 11 is 0. The number of sulfonamides is 1. The van der Waals surface area contributed by atoms with Crippen LogP contribution in [0.15, 0.2) is 41.1 Å². The molecule has 0 saturated heterocycles. The van der Waals surface area contributed by atoms with Crippen LogP contribution in [0, 0.1) is 0 Å². The third-order valence-corrected chi connectivity index (χ3v) is 3.78. The van der Waals surface area contributed by atoms with E-state index < -0.39 is 10.0 Å². The second-order valence-corrected chi connectivity index (χ2v) is 6.02. The maximum absolute atomic E-state index is 11.4. The Hall–Kier alpha value is -2.02. The second-order valence-electron chi connectivity index (χ2n) is 4.00. The molecule has 1 aromatic heterocycles. The molecule has 2 rings (SSSR count). The molecule has 19 heavy (non-hydrogen) atoms. The lowest BCUT2D eigenvalue weighted by Gasteiger charge is -2.16. The van der Waals surface area contributed by atoms with E-state index in [-0.39, 0.29) is 0 Å². The summed E-state index contributed by atoms with van der Waals surface area (Å²) in [4.78, 5) is 0. The van der Waals surface area contributed by atoms with Gasteiger partial charge in [0.05, 0.1) is 11.9 Å². The first-order chi connectivity index (χ1) is 8.97. The molecule has 0 fully saturated rings. The van der Waals surface area contributed by atoms with Crippen LogP contribution in [0.3, 0.4) is 0 Å². The van der Waals surface area contributed by atoms with Crippen molar-refractivity contribution in [2.75, 3.05) is 17.6 Å². The van der Waals surface area contributed by atoms with Gasteiger partial charge in [-0.2, -0.15) is 0 Å². The van der Waals surface area contributed by atoms with Crippen LogP contribution in [0.25, 0.3) is 0 Å². The summed E-state index contributed by atoms with van der Waals surface area (Å²) < 4.78 is 34.1. The Kier molecular flexibility index (Phi) is 3.75. The Morgan fingerprint density at radius 1 is 1.26 bits per heavy atom. The van der Waals surface area contributed by atoms with Crippen molar-refractivity contribution in [3.05, 3.63) is 42.3 Å². The highest BCUT2D eigenvalue weighted by molar-refractivity contribution is 7.92. The summed E-state index contributed by atoms with van der Waals surface area (Å²) in [6, 6.07) is 8.48. The van der Waals surface area contributed by atoms with Crippen LogP contribution < -0.4 is 9.04 Å². The smallest absolute Gasteiger partial charge is 0.231 e. The van der Waals surface area contributed by atoms with Crippen LogP contribution in [-0.2, 0) is 16.6 Å². The lowest BCUT2D eigenvalue weighted by Crippen LogP contribution is -2.24. The summed E-state index contributed by atoms with van der Waals surface area (Å²) in [6.07, 6.45) is 2.63. The Morgan fingerprint density at radius 2 is 1.95 bits per heavy atom. The standard InChI is InChI=1S/C12H14N2O4S/c1-14(19(2,15)16)11-3-5-12(6-4-11)17-9-10-7-8-18-13-10/h3-8H,9H2,1-2H3. The van der Waals surface area contributed by atoms with Gasteiger partial charge in [0.25, 0.3) is 0 Å². The fraction of sp³-hybridized carbons (Fsp3) is 0.250.